The van der Waals surface area contributed by atoms with Gasteiger partial charge in [-0.25, -0.2) is 0 Å². The number of thiophene rings is 1. The van der Waals surface area contributed by atoms with Gasteiger partial charge in [0.2, 0.25) is 0 Å². The number of anilines is 1. The van der Waals surface area contributed by atoms with Gasteiger partial charge in [0.1, 0.15) is 6.07 Å². The van der Waals surface area contributed by atoms with E-state index in [2.05, 4.69) is 5.32 Å². The minimum absolute atomic E-state index is 0.00556. The van der Waals surface area contributed by atoms with E-state index in [1.54, 1.807) is 17.4 Å². The highest BCUT2D eigenvalue weighted by atomic mass is 32.1. The van der Waals surface area contributed by atoms with Gasteiger partial charge in [0.15, 0.2) is 0 Å². The van der Waals surface area contributed by atoms with E-state index in [0.29, 0.717) is 12.2 Å². The summed E-state index contributed by atoms with van der Waals surface area (Å²) in [5, 5.41) is 13.9. The van der Waals surface area contributed by atoms with Crippen LogP contribution in [0, 0.1) is 11.3 Å². The van der Waals surface area contributed by atoms with Crippen molar-refractivity contribution in [2.45, 2.75) is 12.6 Å². The normalized spacial score (nSPS) is 11.1. The van der Waals surface area contributed by atoms with Crippen LogP contribution in [0.3, 0.4) is 0 Å². The van der Waals surface area contributed by atoms with Crippen molar-refractivity contribution in [3.8, 4) is 6.07 Å². The fourth-order valence-corrected chi connectivity index (χ4v) is 2.45. The highest BCUT2D eigenvalue weighted by Gasteiger charge is 2.30. The standard InChI is InChI=1S/C14H11F3N2S/c15-14(16,17)11-3-4-13(10(8-11)9-18)19-6-5-12-2-1-7-20-12/h1-4,7-8,19H,5-6H2. The van der Waals surface area contributed by atoms with Crippen molar-refractivity contribution < 1.29 is 13.2 Å². The Balaban J connectivity index is 2.06. The molecule has 0 saturated heterocycles. The Morgan fingerprint density at radius 3 is 2.65 bits per heavy atom. The van der Waals surface area contributed by atoms with Gasteiger partial charge in [-0.2, -0.15) is 18.4 Å². The first-order valence-corrected chi connectivity index (χ1v) is 6.76. The molecule has 0 amide bonds. The van der Waals surface area contributed by atoms with Crippen molar-refractivity contribution >= 4 is 17.0 Å². The topological polar surface area (TPSA) is 35.8 Å². The molecule has 0 spiro atoms. The lowest BCUT2D eigenvalue weighted by Gasteiger charge is -2.11. The summed E-state index contributed by atoms with van der Waals surface area (Å²) in [4.78, 5) is 1.18. The molecule has 0 unspecified atom stereocenters. The highest BCUT2D eigenvalue weighted by molar-refractivity contribution is 7.09. The fourth-order valence-electron chi connectivity index (χ4n) is 1.74. The first-order valence-electron chi connectivity index (χ1n) is 5.88. The lowest BCUT2D eigenvalue weighted by atomic mass is 10.1. The Bertz CT molecular complexity index is 612. The van der Waals surface area contributed by atoms with Crippen molar-refractivity contribution in [2.24, 2.45) is 0 Å². The number of nitrogens with one attached hydrogen (secondary N) is 1. The van der Waals surface area contributed by atoms with E-state index in [9.17, 15) is 13.2 Å². The number of benzene rings is 1. The van der Waals surface area contributed by atoms with Crippen molar-refractivity contribution in [1.82, 2.24) is 0 Å². The first kappa shape index (κ1) is 14.4. The van der Waals surface area contributed by atoms with Gasteiger partial charge in [-0.3, -0.25) is 0 Å². The largest absolute Gasteiger partial charge is 0.416 e. The van der Waals surface area contributed by atoms with Gasteiger partial charge in [-0.05, 0) is 36.1 Å². The Kier molecular flexibility index (Phi) is 4.30. The van der Waals surface area contributed by atoms with E-state index in [1.807, 2.05) is 17.5 Å². The Morgan fingerprint density at radius 2 is 2.05 bits per heavy atom. The van der Waals surface area contributed by atoms with Crippen LogP contribution in [-0.4, -0.2) is 6.54 Å². The van der Waals surface area contributed by atoms with E-state index in [-0.39, 0.29) is 5.56 Å². The average molecular weight is 296 g/mol. The third kappa shape index (κ3) is 3.52. The van der Waals surface area contributed by atoms with Crippen LogP contribution in [0.25, 0.3) is 0 Å². The monoisotopic (exact) mass is 296 g/mol. The maximum absolute atomic E-state index is 12.5. The minimum atomic E-state index is -4.43. The SMILES string of the molecule is N#Cc1cc(C(F)(F)F)ccc1NCCc1cccs1. The molecule has 2 rings (SSSR count). The molecule has 1 heterocycles. The van der Waals surface area contributed by atoms with Crippen LogP contribution in [0.5, 0.6) is 0 Å². The molecule has 0 bridgehead atoms. The molecule has 6 heteroatoms. The number of rotatable bonds is 4. The molecular weight excluding hydrogens is 285 g/mol. The van der Waals surface area contributed by atoms with Crippen LogP contribution < -0.4 is 5.32 Å². The molecule has 2 nitrogen and oxygen atoms in total. The van der Waals surface area contributed by atoms with Crippen LogP contribution in [0.15, 0.2) is 35.7 Å². The molecule has 0 atom stereocenters. The number of alkyl halides is 3. The molecule has 104 valence electrons. The number of nitrogens with zero attached hydrogens (tertiary/aromatic N) is 1. The molecule has 0 aliphatic carbocycles. The van der Waals surface area contributed by atoms with E-state index in [1.165, 1.54) is 10.9 Å². The van der Waals surface area contributed by atoms with Crippen molar-refractivity contribution in [3.63, 3.8) is 0 Å². The van der Waals surface area contributed by atoms with E-state index >= 15 is 0 Å². The minimum Gasteiger partial charge on any atom is -0.384 e. The predicted molar refractivity (Wildman–Crippen MR) is 72.7 cm³/mol. The van der Waals surface area contributed by atoms with Crippen molar-refractivity contribution in [3.05, 3.63) is 51.7 Å². The zero-order valence-electron chi connectivity index (χ0n) is 10.4. The van der Waals surface area contributed by atoms with Crippen molar-refractivity contribution in [1.29, 1.82) is 5.26 Å². The summed E-state index contributed by atoms with van der Waals surface area (Å²) < 4.78 is 37.6. The van der Waals surface area contributed by atoms with E-state index < -0.39 is 11.7 Å². The molecule has 1 N–H and O–H groups in total. The molecule has 1 aromatic carbocycles. The van der Waals surface area contributed by atoms with Crippen LogP contribution in [0.4, 0.5) is 18.9 Å². The van der Waals surface area contributed by atoms with E-state index in [0.717, 1.165) is 18.6 Å². The zero-order chi connectivity index (χ0) is 14.6. The Morgan fingerprint density at radius 1 is 1.25 bits per heavy atom. The molecule has 0 aliphatic heterocycles. The summed E-state index contributed by atoms with van der Waals surface area (Å²) in [5.41, 5.74) is -0.374. The molecular formula is C14H11F3N2S. The average Bonchev–Trinajstić information content (AvgIpc) is 2.91. The zero-order valence-corrected chi connectivity index (χ0v) is 11.2. The number of hydrogen-bond donors (Lipinski definition) is 1. The maximum Gasteiger partial charge on any atom is 0.416 e. The third-order valence-electron chi connectivity index (χ3n) is 2.73. The molecule has 0 fully saturated rings. The van der Waals surface area contributed by atoms with E-state index in [4.69, 9.17) is 5.26 Å². The van der Waals surface area contributed by atoms with Crippen LogP contribution in [0.1, 0.15) is 16.0 Å². The summed E-state index contributed by atoms with van der Waals surface area (Å²) >= 11 is 1.62. The summed E-state index contributed by atoms with van der Waals surface area (Å²) in [7, 11) is 0. The molecule has 20 heavy (non-hydrogen) atoms. The summed E-state index contributed by atoms with van der Waals surface area (Å²) in [6, 6.07) is 8.88. The second kappa shape index (κ2) is 5.97. The fraction of sp³-hybridized carbons (Fsp3) is 0.214. The van der Waals surface area contributed by atoms with Gasteiger partial charge < -0.3 is 5.32 Å². The molecule has 0 radical (unpaired) electrons. The van der Waals surface area contributed by atoms with Gasteiger partial charge >= 0.3 is 6.18 Å². The van der Waals surface area contributed by atoms with Crippen LogP contribution in [0.2, 0.25) is 0 Å². The molecule has 2 aromatic rings. The highest BCUT2D eigenvalue weighted by Crippen LogP contribution is 2.31. The Labute approximate surface area is 118 Å². The van der Waals surface area contributed by atoms with Crippen LogP contribution in [-0.2, 0) is 12.6 Å². The summed E-state index contributed by atoms with van der Waals surface area (Å²) in [5.74, 6) is 0. The van der Waals surface area contributed by atoms with Gasteiger partial charge in [-0.15, -0.1) is 11.3 Å². The van der Waals surface area contributed by atoms with Crippen molar-refractivity contribution in [2.75, 3.05) is 11.9 Å². The maximum atomic E-state index is 12.5. The third-order valence-corrected chi connectivity index (χ3v) is 3.67. The quantitative estimate of drug-likeness (QED) is 0.913. The number of nitriles is 1. The molecule has 0 saturated carbocycles. The second-order valence-corrected chi connectivity index (χ2v) is 5.16. The predicted octanol–water partition coefficient (Wildman–Crippen LogP) is 4.29. The van der Waals surface area contributed by atoms with Gasteiger partial charge in [0.25, 0.3) is 0 Å². The van der Waals surface area contributed by atoms with Crippen LogP contribution >= 0.6 is 11.3 Å². The summed E-state index contributed by atoms with van der Waals surface area (Å²) in [6.07, 6.45) is -3.66. The molecule has 0 aliphatic rings. The first-order chi connectivity index (χ1) is 9.50. The van der Waals surface area contributed by atoms with Gasteiger partial charge in [0.05, 0.1) is 16.8 Å². The lowest BCUT2D eigenvalue weighted by Crippen LogP contribution is -2.09. The second-order valence-electron chi connectivity index (χ2n) is 4.13. The van der Waals surface area contributed by atoms with Gasteiger partial charge in [-0.1, -0.05) is 6.07 Å². The smallest absolute Gasteiger partial charge is 0.384 e. The number of hydrogen-bond acceptors (Lipinski definition) is 3. The summed E-state index contributed by atoms with van der Waals surface area (Å²) in [6.45, 7) is 0.570. The lowest BCUT2D eigenvalue weighted by molar-refractivity contribution is -0.137. The number of halogens is 3. The Hall–Kier alpha value is -2.00. The molecule has 1 aromatic heterocycles. The van der Waals surface area contributed by atoms with Gasteiger partial charge in [0, 0.05) is 11.4 Å².